The molecule has 1 unspecified atom stereocenters. The van der Waals surface area contributed by atoms with Crippen LogP contribution >= 0.6 is 0 Å². The van der Waals surface area contributed by atoms with Gasteiger partial charge in [0.05, 0.1) is 17.4 Å². The van der Waals surface area contributed by atoms with Crippen LogP contribution in [0.15, 0.2) is 91.0 Å². The van der Waals surface area contributed by atoms with Crippen molar-refractivity contribution in [1.82, 2.24) is 4.31 Å². The molecule has 4 rings (SSSR count). The van der Waals surface area contributed by atoms with Crippen LogP contribution in [-0.4, -0.2) is 36.7 Å². The first-order valence-corrected chi connectivity index (χ1v) is 12.0. The molecule has 0 aromatic heterocycles. The van der Waals surface area contributed by atoms with Crippen molar-refractivity contribution in [3.8, 4) is 0 Å². The lowest BCUT2D eigenvalue weighted by molar-refractivity contribution is 0.0119. The van der Waals surface area contributed by atoms with Crippen molar-refractivity contribution in [2.24, 2.45) is 0 Å². The molecule has 2 atom stereocenters. The summed E-state index contributed by atoms with van der Waals surface area (Å²) in [7, 11) is -3.36. The minimum absolute atomic E-state index is 0.153. The topological polar surface area (TPSA) is 46.4 Å². The molecule has 5 heteroatoms. The molecule has 162 valence electrons. The highest BCUT2D eigenvalue weighted by Crippen LogP contribution is 2.42. The smallest absolute Gasteiger partial charge is 0.219 e. The molecule has 1 saturated heterocycles. The first-order chi connectivity index (χ1) is 14.8. The Hall–Kier alpha value is -2.47. The van der Waals surface area contributed by atoms with Crippen LogP contribution < -0.4 is 0 Å². The second kappa shape index (κ2) is 8.23. The third-order valence-corrected chi connectivity index (χ3v) is 8.39. The molecular formula is C26H29NO3S. The maximum Gasteiger partial charge on any atom is 0.219 e. The Labute approximate surface area is 185 Å². The van der Waals surface area contributed by atoms with Gasteiger partial charge in [-0.2, -0.15) is 4.31 Å². The minimum Gasteiger partial charge on any atom is -0.359 e. The fourth-order valence-electron chi connectivity index (χ4n) is 3.93. The molecule has 1 heterocycles. The number of rotatable bonds is 7. The summed E-state index contributed by atoms with van der Waals surface area (Å²) in [5.74, 6) is 0. The lowest BCUT2D eigenvalue weighted by Crippen LogP contribution is -2.37. The predicted molar refractivity (Wildman–Crippen MR) is 124 cm³/mol. The first-order valence-electron chi connectivity index (χ1n) is 10.6. The average Bonchev–Trinajstić information content (AvgIpc) is 3.56. The van der Waals surface area contributed by atoms with Crippen LogP contribution in [0.2, 0.25) is 0 Å². The van der Waals surface area contributed by atoms with Gasteiger partial charge in [0.1, 0.15) is 5.60 Å². The fraction of sp³-hybridized carbons (Fsp3) is 0.308. The molecular weight excluding hydrogens is 406 g/mol. The molecule has 0 N–H and O–H groups in total. The Kier molecular flexibility index (Phi) is 5.77. The van der Waals surface area contributed by atoms with Crippen molar-refractivity contribution in [3.05, 3.63) is 108 Å². The zero-order valence-electron chi connectivity index (χ0n) is 18.2. The summed E-state index contributed by atoms with van der Waals surface area (Å²) in [4.78, 5) is 0. The van der Waals surface area contributed by atoms with Gasteiger partial charge in [0, 0.05) is 6.54 Å². The van der Waals surface area contributed by atoms with Gasteiger partial charge in [0.2, 0.25) is 10.0 Å². The molecule has 0 aliphatic carbocycles. The van der Waals surface area contributed by atoms with E-state index in [2.05, 4.69) is 36.4 Å². The van der Waals surface area contributed by atoms with Gasteiger partial charge in [0.15, 0.2) is 0 Å². The van der Waals surface area contributed by atoms with Crippen molar-refractivity contribution in [2.75, 3.05) is 13.2 Å². The average molecular weight is 436 g/mol. The van der Waals surface area contributed by atoms with Crippen LogP contribution in [0.5, 0.6) is 0 Å². The van der Waals surface area contributed by atoms with E-state index in [1.54, 1.807) is 25.1 Å². The van der Waals surface area contributed by atoms with Gasteiger partial charge < -0.3 is 4.74 Å². The monoisotopic (exact) mass is 435 g/mol. The Morgan fingerprint density at radius 3 is 1.52 bits per heavy atom. The highest BCUT2D eigenvalue weighted by molar-refractivity contribution is 7.90. The number of ether oxygens (including phenoxy) is 1. The Morgan fingerprint density at radius 1 is 0.774 bits per heavy atom. The van der Waals surface area contributed by atoms with Crippen LogP contribution in [0.25, 0.3) is 0 Å². The van der Waals surface area contributed by atoms with Crippen LogP contribution in [0.1, 0.15) is 37.5 Å². The van der Waals surface area contributed by atoms with Gasteiger partial charge in [-0.15, -0.1) is 0 Å². The number of hydrogen-bond donors (Lipinski definition) is 0. The summed E-state index contributed by atoms with van der Waals surface area (Å²) >= 11 is 0. The van der Waals surface area contributed by atoms with Gasteiger partial charge in [-0.1, -0.05) is 91.0 Å². The van der Waals surface area contributed by atoms with Gasteiger partial charge in [-0.25, -0.2) is 8.42 Å². The Bertz CT molecular complexity index is 1010. The normalized spacial score (nSPS) is 19.2. The van der Waals surface area contributed by atoms with Crippen molar-refractivity contribution in [3.63, 3.8) is 0 Å². The third kappa shape index (κ3) is 4.05. The lowest BCUT2D eigenvalue weighted by Gasteiger charge is -2.36. The fourth-order valence-corrected chi connectivity index (χ4v) is 5.46. The summed E-state index contributed by atoms with van der Waals surface area (Å²) < 4.78 is 33.1. The van der Waals surface area contributed by atoms with Crippen molar-refractivity contribution < 1.29 is 13.2 Å². The predicted octanol–water partition coefficient (Wildman–Crippen LogP) is 4.81. The number of sulfonamides is 1. The lowest BCUT2D eigenvalue weighted by atomic mass is 9.80. The summed E-state index contributed by atoms with van der Waals surface area (Å²) in [6, 6.07) is 30.3. The number of hydrogen-bond acceptors (Lipinski definition) is 3. The van der Waals surface area contributed by atoms with E-state index in [1.807, 2.05) is 54.6 Å². The molecule has 0 spiro atoms. The van der Waals surface area contributed by atoms with Crippen LogP contribution in [-0.2, 0) is 20.4 Å². The Morgan fingerprint density at radius 2 is 1.16 bits per heavy atom. The van der Waals surface area contributed by atoms with E-state index in [1.165, 1.54) is 0 Å². The van der Waals surface area contributed by atoms with Crippen LogP contribution in [0.3, 0.4) is 0 Å². The number of nitrogens with zero attached hydrogens (tertiary/aromatic N) is 1. The maximum absolute atomic E-state index is 12.8. The van der Waals surface area contributed by atoms with Crippen molar-refractivity contribution in [1.29, 1.82) is 0 Å². The molecule has 3 aromatic rings. The van der Waals surface area contributed by atoms with E-state index < -0.39 is 20.4 Å². The van der Waals surface area contributed by atoms with Gasteiger partial charge in [0.25, 0.3) is 0 Å². The zero-order chi connectivity index (χ0) is 22.1. The zero-order valence-corrected chi connectivity index (χ0v) is 19.0. The van der Waals surface area contributed by atoms with Crippen LogP contribution in [0.4, 0.5) is 0 Å². The summed E-state index contributed by atoms with van der Waals surface area (Å²) in [6.07, 6.45) is 0. The molecule has 0 amide bonds. The largest absolute Gasteiger partial charge is 0.359 e. The molecule has 4 nitrogen and oxygen atoms in total. The molecule has 1 fully saturated rings. The second-order valence-electron chi connectivity index (χ2n) is 8.93. The molecule has 0 saturated carbocycles. The van der Waals surface area contributed by atoms with Gasteiger partial charge >= 0.3 is 0 Å². The van der Waals surface area contributed by atoms with E-state index in [0.29, 0.717) is 13.2 Å². The minimum atomic E-state index is -3.36. The molecule has 1 aliphatic rings. The first kappa shape index (κ1) is 21.8. The summed E-state index contributed by atoms with van der Waals surface area (Å²) in [5.41, 5.74) is 2.21. The van der Waals surface area contributed by atoms with E-state index in [9.17, 15) is 8.42 Å². The summed E-state index contributed by atoms with van der Waals surface area (Å²) in [6.45, 7) is 6.02. The highest BCUT2D eigenvalue weighted by Gasteiger charge is 2.50. The van der Waals surface area contributed by atoms with E-state index in [4.69, 9.17) is 4.74 Å². The Balaban J connectivity index is 1.74. The SMILES string of the molecule is CC(C)(C)S(=O)(=O)N1C[C@H]1COC(c1ccccc1)(c1ccccc1)c1ccccc1. The van der Waals surface area contributed by atoms with Crippen LogP contribution in [0, 0.1) is 0 Å². The molecule has 31 heavy (non-hydrogen) atoms. The number of benzene rings is 3. The molecule has 3 aromatic carbocycles. The highest BCUT2D eigenvalue weighted by atomic mass is 32.2. The van der Waals surface area contributed by atoms with Crippen molar-refractivity contribution in [2.45, 2.75) is 37.2 Å². The molecule has 1 aliphatic heterocycles. The van der Waals surface area contributed by atoms with E-state index in [0.717, 1.165) is 16.7 Å². The third-order valence-electron chi connectivity index (χ3n) is 5.78. The molecule has 0 radical (unpaired) electrons. The second-order valence-corrected chi connectivity index (χ2v) is 11.6. The van der Waals surface area contributed by atoms with E-state index >= 15 is 0 Å². The standard InChI is InChI=1S/C26H29NO3S/c1-25(2,3)31(28,29)27-19-24(27)20-30-26(21-13-7-4-8-14-21,22-15-9-5-10-16-22)23-17-11-6-12-18-23/h4-18,24H,19-20H2,1-3H3/t24-,27?/m0/s1. The maximum atomic E-state index is 12.8. The van der Waals surface area contributed by atoms with E-state index in [-0.39, 0.29) is 6.04 Å². The van der Waals surface area contributed by atoms with Gasteiger partial charge in [-0.3, -0.25) is 0 Å². The van der Waals surface area contributed by atoms with Crippen molar-refractivity contribution >= 4 is 10.0 Å². The molecule has 0 bridgehead atoms. The summed E-state index contributed by atoms with van der Waals surface area (Å²) in [5, 5.41) is 0. The quantitative estimate of drug-likeness (QED) is 0.395. The van der Waals surface area contributed by atoms with Gasteiger partial charge in [-0.05, 0) is 37.5 Å².